The predicted molar refractivity (Wildman–Crippen MR) is 103 cm³/mol. The van der Waals surface area contributed by atoms with Crippen molar-refractivity contribution in [1.82, 2.24) is 10.2 Å². The third-order valence-electron chi connectivity index (χ3n) is 4.32. The van der Waals surface area contributed by atoms with Gasteiger partial charge in [0.25, 0.3) is 0 Å². The lowest BCUT2D eigenvalue weighted by molar-refractivity contribution is 0.128. The van der Waals surface area contributed by atoms with Gasteiger partial charge in [0.1, 0.15) is 5.75 Å². The Morgan fingerprint density at radius 2 is 1.61 bits per heavy atom. The van der Waals surface area contributed by atoms with Crippen LogP contribution in [-0.4, -0.2) is 37.2 Å². The first-order chi connectivity index (χ1) is 10.1. The number of ether oxygens (including phenoxy) is 1. The maximum atomic E-state index is 5.76. The molecule has 5 heteroatoms. The second kappa shape index (κ2) is 11.1. The van der Waals surface area contributed by atoms with Crippen LogP contribution in [-0.2, 0) is 0 Å². The lowest BCUT2D eigenvalue weighted by Crippen LogP contribution is -2.46. The van der Waals surface area contributed by atoms with Crippen LogP contribution in [0, 0.1) is 5.92 Å². The van der Waals surface area contributed by atoms with E-state index in [1.807, 2.05) is 0 Å². The fourth-order valence-corrected chi connectivity index (χ4v) is 3.10. The Hall–Kier alpha value is -0.480. The van der Waals surface area contributed by atoms with Gasteiger partial charge in [0.15, 0.2) is 0 Å². The van der Waals surface area contributed by atoms with Crippen molar-refractivity contribution in [2.45, 2.75) is 46.3 Å². The van der Waals surface area contributed by atoms with Gasteiger partial charge in [0.05, 0.1) is 6.10 Å². The molecule has 1 aliphatic rings. The van der Waals surface area contributed by atoms with Crippen LogP contribution in [0.25, 0.3) is 0 Å². The SMILES string of the molecule is CCC(C)[C@@H](c1ccc(OC(C)C)cc1)N1CCNCC1.Cl.Cl. The molecule has 1 N–H and O–H groups in total. The summed E-state index contributed by atoms with van der Waals surface area (Å²) in [4.78, 5) is 2.63. The van der Waals surface area contributed by atoms with Crippen LogP contribution >= 0.6 is 24.8 Å². The molecule has 1 unspecified atom stereocenters. The van der Waals surface area contributed by atoms with Gasteiger partial charge in [-0.05, 0) is 37.5 Å². The summed E-state index contributed by atoms with van der Waals surface area (Å²) in [6, 6.07) is 9.25. The van der Waals surface area contributed by atoms with Crippen molar-refractivity contribution < 1.29 is 4.74 Å². The summed E-state index contributed by atoms with van der Waals surface area (Å²) in [5.41, 5.74) is 1.42. The zero-order valence-electron chi connectivity index (χ0n) is 14.7. The molecule has 134 valence electrons. The molecule has 0 saturated carbocycles. The average molecular weight is 363 g/mol. The van der Waals surface area contributed by atoms with E-state index < -0.39 is 0 Å². The van der Waals surface area contributed by atoms with Crippen LogP contribution in [0.15, 0.2) is 24.3 Å². The van der Waals surface area contributed by atoms with Crippen molar-refractivity contribution in [1.29, 1.82) is 0 Å². The number of hydrogen-bond donors (Lipinski definition) is 1. The molecule has 0 amide bonds. The van der Waals surface area contributed by atoms with E-state index in [-0.39, 0.29) is 30.9 Å². The minimum absolute atomic E-state index is 0. The number of benzene rings is 1. The quantitative estimate of drug-likeness (QED) is 0.815. The van der Waals surface area contributed by atoms with Crippen LogP contribution in [0.5, 0.6) is 5.75 Å². The molecule has 2 atom stereocenters. The number of hydrogen-bond acceptors (Lipinski definition) is 3. The average Bonchev–Trinajstić information content (AvgIpc) is 2.49. The third-order valence-corrected chi connectivity index (χ3v) is 4.32. The molecule has 1 aromatic carbocycles. The Kier molecular flexibility index (Phi) is 10.9. The monoisotopic (exact) mass is 362 g/mol. The van der Waals surface area contributed by atoms with E-state index in [1.54, 1.807) is 0 Å². The summed E-state index contributed by atoms with van der Waals surface area (Å²) in [5, 5.41) is 3.45. The van der Waals surface area contributed by atoms with Crippen molar-refractivity contribution >= 4 is 24.8 Å². The molecule has 1 aliphatic heterocycles. The Labute approximate surface area is 154 Å². The van der Waals surface area contributed by atoms with Crippen LogP contribution in [0.2, 0.25) is 0 Å². The van der Waals surface area contributed by atoms with Crippen molar-refractivity contribution in [2.24, 2.45) is 5.92 Å². The standard InChI is InChI=1S/C18H30N2O.2ClH/c1-5-15(4)18(20-12-10-19-11-13-20)16-6-8-17(9-7-16)21-14(2)3;;/h6-9,14-15,18-19H,5,10-13H2,1-4H3;2*1H/t15?,18-;;/m0../s1. The van der Waals surface area contributed by atoms with Gasteiger partial charge in [-0.1, -0.05) is 32.4 Å². The molecule has 0 aliphatic carbocycles. The molecule has 0 radical (unpaired) electrons. The number of nitrogens with zero attached hydrogens (tertiary/aromatic N) is 1. The fourth-order valence-electron chi connectivity index (χ4n) is 3.10. The number of nitrogens with one attached hydrogen (secondary N) is 1. The number of piperazine rings is 1. The second-order valence-corrected chi connectivity index (χ2v) is 6.35. The summed E-state index contributed by atoms with van der Waals surface area (Å²) < 4.78 is 5.76. The molecule has 1 aromatic rings. The van der Waals surface area contributed by atoms with Gasteiger partial charge >= 0.3 is 0 Å². The zero-order valence-corrected chi connectivity index (χ0v) is 16.4. The molecule has 0 spiro atoms. The van der Waals surface area contributed by atoms with E-state index in [4.69, 9.17) is 4.74 Å². The largest absolute Gasteiger partial charge is 0.491 e. The van der Waals surface area contributed by atoms with E-state index >= 15 is 0 Å². The topological polar surface area (TPSA) is 24.5 Å². The summed E-state index contributed by atoms with van der Waals surface area (Å²) in [5.74, 6) is 1.64. The van der Waals surface area contributed by atoms with Gasteiger partial charge in [-0.15, -0.1) is 24.8 Å². The van der Waals surface area contributed by atoms with E-state index in [1.165, 1.54) is 12.0 Å². The maximum Gasteiger partial charge on any atom is 0.119 e. The molecule has 0 bridgehead atoms. The van der Waals surface area contributed by atoms with Crippen molar-refractivity contribution in [2.75, 3.05) is 26.2 Å². The molecule has 1 fully saturated rings. The van der Waals surface area contributed by atoms with Gasteiger partial charge in [0.2, 0.25) is 0 Å². The Morgan fingerprint density at radius 3 is 2.09 bits per heavy atom. The van der Waals surface area contributed by atoms with Crippen LogP contribution in [0.1, 0.15) is 45.7 Å². The summed E-state index contributed by atoms with van der Waals surface area (Å²) in [6.07, 6.45) is 1.44. The fraction of sp³-hybridized carbons (Fsp3) is 0.667. The molecular weight excluding hydrogens is 331 g/mol. The molecule has 2 rings (SSSR count). The van der Waals surface area contributed by atoms with E-state index in [9.17, 15) is 0 Å². The Morgan fingerprint density at radius 1 is 1.04 bits per heavy atom. The summed E-state index contributed by atoms with van der Waals surface area (Å²) >= 11 is 0. The molecule has 0 aromatic heterocycles. The number of halogens is 2. The highest BCUT2D eigenvalue weighted by Crippen LogP contribution is 2.32. The highest BCUT2D eigenvalue weighted by Gasteiger charge is 2.26. The lowest BCUT2D eigenvalue weighted by Gasteiger charge is -2.38. The van der Waals surface area contributed by atoms with Crippen LogP contribution < -0.4 is 10.1 Å². The minimum Gasteiger partial charge on any atom is -0.491 e. The van der Waals surface area contributed by atoms with Crippen molar-refractivity contribution in [3.8, 4) is 5.75 Å². The first-order valence-corrected chi connectivity index (χ1v) is 8.33. The zero-order chi connectivity index (χ0) is 15.2. The van der Waals surface area contributed by atoms with Gasteiger partial charge in [-0.3, -0.25) is 4.90 Å². The Balaban J connectivity index is 0.00000242. The highest BCUT2D eigenvalue weighted by molar-refractivity contribution is 5.85. The highest BCUT2D eigenvalue weighted by atomic mass is 35.5. The van der Waals surface area contributed by atoms with Crippen LogP contribution in [0.4, 0.5) is 0 Å². The van der Waals surface area contributed by atoms with E-state index in [0.717, 1.165) is 31.9 Å². The van der Waals surface area contributed by atoms with Crippen molar-refractivity contribution in [3.05, 3.63) is 29.8 Å². The maximum absolute atomic E-state index is 5.76. The third kappa shape index (κ3) is 6.50. The van der Waals surface area contributed by atoms with Crippen LogP contribution in [0.3, 0.4) is 0 Å². The van der Waals surface area contributed by atoms with Gasteiger partial charge in [-0.25, -0.2) is 0 Å². The predicted octanol–water partition coefficient (Wildman–Crippen LogP) is 4.31. The first kappa shape index (κ1) is 22.5. The van der Waals surface area contributed by atoms with Gasteiger partial charge in [-0.2, -0.15) is 0 Å². The molecule has 3 nitrogen and oxygen atoms in total. The molecular formula is C18H32Cl2N2O. The van der Waals surface area contributed by atoms with E-state index in [0.29, 0.717) is 12.0 Å². The normalized spacial score (nSPS) is 17.8. The van der Waals surface area contributed by atoms with Gasteiger partial charge < -0.3 is 10.1 Å². The lowest BCUT2D eigenvalue weighted by atomic mass is 9.90. The Bertz CT molecular complexity index is 420. The summed E-state index contributed by atoms with van der Waals surface area (Å²) in [6.45, 7) is 13.3. The number of rotatable bonds is 6. The molecule has 1 saturated heterocycles. The first-order valence-electron chi connectivity index (χ1n) is 8.33. The molecule has 1 heterocycles. The second-order valence-electron chi connectivity index (χ2n) is 6.35. The van der Waals surface area contributed by atoms with E-state index in [2.05, 4.69) is 62.2 Å². The minimum atomic E-state index is 0. The van der Waals surface area contributed by atoms with Gasteiger partial charge in [0, 0.05) is 32.2 Å². The summed E-state index contributed by atoms with van der Waals surface area (Å²) in [7, 11) is 0. The van der Waals surface area contributed by atoms with Crippen molar-refractivity contribution in [3.63, 3.8) is 0 Å². The smallest absolute Gasteiger partial charge is 0.119 e. The molecule has 23 heavy (non-hydrogen) atoms.